The lowest BCUT2D eigenvalue weighted by atomic mass is 10.1. The van der Waals surface area contributed by atoms with Crippen molar-refractivity contribution in [1.82, 2.24) is 0 Å². The van der Waals surface area contributed by atoms with E-state index in [1.54, 1.807) is 24.3 Å². The van der Waals surface area contributed by atoms with Gasteiger partial charge in [0.2, 0.25) is 0 Å². The summed E-state index contributed by atoms with van der Waals surface area (Å²) < 4.78 is 9.71. The predicted molar refractivity (Wildman–Crippen MR) is 53.4 cm³/mol. The van der Waals surface area contributed by atoms with Gasteiger partial charge >= 0.3 is 11.6 Å². The molecule has 1 aromatic carbocycles. The molecule has 14 heavy (non-hydrogen) atoms. The minimum absolute atomic E-state index is 0.0636. The van der Waals surface area contributed by atoms with E-state index in [0.29, 0.717) is 16.5 Å². The maximum atomic E-state index is 11.4. The number of hydrogen-bond donors (Lipinski definition) is 1. The summed E-state index contributed by atoms with van der Waals surface area (Å²) in [7, 11) is 1.41. The summed E-state index contributed by atoms with van der Waals surface area (Å²) in [4.78, 5) is 11.4. The minimum Gasteiger partial charge on any atom is -0.467 e. The van der Waals surface area contributed by atoms with Gasteiger partial charge in [-0.25, -0.2) is 4.79 Å². The second kappa shape index (κ2) is 3.06. The molecule has 0 aliphatic carbocycles. The molecule has 0 saturated heterocycles. The molecule has 4 heteroatoms. The molecule has 1 heterocycles. The van der Waals surface area contributed by atoms with Crippen LogP contribution in [0.25, 0.3) is 10.8 Å². The first kappa shape index (κ1) is 8.62. The van der Waals surface area contributed by atoms with Gasteiger partial charge in [0.1, 0.15) is 5.69 Å². The third-order valence-corrected chi connectivity index (χ3v) is 2.03. The number of ether oxygens (including phenoxy) is 1. The number of benzene rings is 1. The van der Waals surface area contributed by atoms with Crippen LogP contribution in [0.15, 0.2) is 33.5 Å². The number of nitrogens with two attached hydrogens (primary N) is 1. The zero-order valence-corrected chi connectivity index (χ0v) is 7.61. The van der Waals surface area contributed by atoms with Gasteiger partial charge in [-0.1, -0.05) is 18.2 Å². The standard InChI is InChI=1S/C10H9NO3/c1-13-10-8(11)6-4-2-3-5-7(6)9(12)14-10/h2-5H,11H2,1H3. The third-order valence-electron chi connectivity index (χ3n) is 2.03. The van der Waals surface area contributed by atoms with Gasteiger partial charge in [0, 0.05) is 5.39 Å². The molecule has 2 aromatic rings. The Morgan fingerprint density at radius 2 is 1.93 bits per heavy atom. The predicted octanol–water partition coefficient (Wildman–Crippen LogP) is 1.38. The molecule has 2 N–H and O–H groups in total. The van der Waals surface area contributed by atoms with Crippen LogP contribution in [0.5, 0.6) is 5.95 Å². The fraction of sp³-hybridized carbons (Fsp3) is 0.100. The van der Waals surface area contributed by atoms with E-state index in [1.165, 1.54) is 7.11 Å². The molecule has 0 spiro atoms. The van der Waals surface area contributed by atoms with Crippen LogP contribution in [0, 0.1) is 0 Å². The molecule has 0 radical (unpaired) electrons. The molecule has 0 amide bonds. The Morgan fingerprint density at radius 3 is 2.57 bits per heavy atom. The Kier molecular flexibility index (Phi) is 1.89. The van der Waals surface area contributed by atoms with E-state index in [1.807, 2.05) is 0 Å². The molecule has 0 saturated carbocycles. The summed E-state index contributed by atoms with van der Waals surface area (Å²) in [5, 5.41) is 1.12. The summed E-state index contributed by atoms with van der Waals surface area (Å²) in [6.07, 6.45) is 0. The monoisotopic (exact) mass is 191 g/mol. The summed E-state index contributed by atoms with van der Waals surface area (Å²) in [6, 6.07) is 6.98. The van der Waals surface area contributed by atoms with Gasteiger partial charge in [-0.2, -0.15) is 0 Å². The molecule has 1 aromatic heterocycles. The fourth-order valence-electron chi connectivity index (χ4n) is 1.35. The Labute approximate surface area is 79.9 Å². The summed E-state index contributed by atoms with van der Waals surface area (Å²) in [5.41, 5.74) is 5.65. The Hall–Kier alpha value is -1.97. The largest absolute Gasteiger partial charge is 0.467 e. The lowest BCUT2D eigenvalue weighted by Gasteiger charge is -2.04. The van der Waals surface area contributed by atoms with E-state index in [2.05, 4.69) is 0 Å². The third kappa shape index (κ3) is 1.12. The van der Waals surface area contributed by atoms with Gasteiger partial charge in [-0.3, -0.25) is 0 Å². The van der Waals surface area contributed by atoms with Gasteiger partial charge in [0.05, 0.1) is 12.5 Å². The Balaban J connectivity index is 2.95. The maximum absolute atomic E-state index is 11.4. The van der Waals surface area contributed by atoms with Crippen molar-refractivity contribution in [2.45, 2.75) is 0 Å². The Bertz CT molecular complexity index is 530. The zero-order valence-electron chi connectivity index (χ0n) is 7.61. The first-order valence-corrected chi connectivity index (χ1v) is 4.09. The highest BCUT2D eigenvalue weighted by atomic mass is 16.6. The number of methoxy groups -OCH3 is 1. The number of hydrogen-bond acceptors (Lipinski definition) is 4. The van der Waals surface area contributed by atoms with Crippen LogP contribution in [0.4, 0.5) is 5.69 Å². The second-order valence-corrected chi connectivity index (χ2v) is 2.84. The van der Waals surface area contributed by atoms with Crippen LogP contribution in [0.2, 0.25) is 0 Å². The van der Waals surface area contributed by atoms with Gasteiger partial charge in [-0.05, 0) is 6.07 Å². The van der Waals surface area contributed by atoms with Crippen molar-refractivity contribution in [2.75, 3.05) is 12.8 Å². The first-order chi connectivity index (χ1) is 6.74. The molecule has 0 bridgehead atoms. The van der Waals surface area contributed by atoms with Crippen LogP contribution in [0.3, 0.4) is 0 Å². The molecule has 0 aliphatic rings. The quantitative estimate of drug-likeness (QED) is 0.739. The topological polar surface area (TPSA) is 65.5 Å². The van der Waals surface area contributed by atoms with Crippen LogP contribution in [0.1, 0.15) is 0 Å². The molecule has 72 valence electrons. The van der Waals surface area contributed by atoms with Gasteiger partial charge in [-0.15, -0.1) is 0 Å². The van der Waals surface area contributed by atoms with Crippen molar-refractivity contribution in [2.24, 2.45) is 0 Å². The van der Waals surface area contributed by atoms with Crippen molar-refractivity contribution in [1.29, 1.82) is 0 Å². The van der Waals surface area contributed by atoms with E-state index < -0.39 is 5.63 Å². The number of fused-ring (bicyclic) bond motifs is 1. The fourth-order valence-corrected chi connectivity index (χ4v) is 1.35. The van der Waals surface area contributed by atoms with E-state index in [9.17, 15) is 4.79 Å². The lowest BCUT2D eigenvalue weighted by molar-refractivity contribution is 0.292. The summed E-state index contributed by atoms with van der Waals surface area (Å²) >= 11 is 0. The summed E-state index contributed by atoms with van der Waals surface area (Å²) in [5.74, 6) is 0.0636. The second-order valence-electron chi connectivity index (χ2n) is 2.84. The Morgan fingerprint density at radius 1 is 1.29 bits per heavy atom. The summed E-state index contributed by atoms with van der Waals surface area (Å²) in [6.45, 7) is 0. The molecule has 0 fully saturated rings. The smallest absolute Gasteiger partial charge is 0.346 e. The van der Waals surface area contributed by atoms with Crippen molar-refractivity contribution in [3.63, 3.8) is 0 Å². The van der Waals surface area contributed by atoms with Crippen molar-refractivity contribution < 1.29 is 9.15 Å². The lowest BCUT2D eigenvalue weighted by Crippen LogP contribution is -2.04. The van der Waals surface area contributed by atoms with Crippen LogP contribution in [-0.2, 0) is 0 Å². The van der Waals surface area contributed by atoms with Crippen LogP contribution < -0.4 is 16.1 Å². The highest BCUT2D eigenvalue weighted by Gasteiger charge is 2.10. The maximum Gasteiger partial charge on any atom is 0.346 e. The van der Waals surface area contributed by atoms with Crippen LogP contribution in [-0.4, -0.2) is 7.11 Å². The molecular formula is C10H9NO3. The highest BCUT2D eigenvalue weighted by molar-refractivity contribution is 5.93. The normalized spacial score (nSPS) is 10.4. The zero-order chi connectivity index (χ0) is 10.1. The van der Waals surface area contributed by atoms with Crippen molar-refractivity contribution >= 4 is 16.5 Å². The molecule has 0 unspecified atom stereocenters. The van der Waals surface area contributed by atoms with Crippen LogP contribution >= 0.6 is 0 Å². The van der Waals surface area contributed by atoms with E-state index in [4.69, 9.17) is 14.9 Å². The SMILES string of the molecule is COc1oc(=O)c2ccccc2c1N. The average Bonchev–Trinajstić information content (AvgIpc) is 2.23. The number of nitrogen functional groups attached to an aromatic ring is 1. The molecule has 2 rings (SSSR count). The van der Waals surface area contributed by atoms with Gasteiger partial charge in [0.15, 0.2) is 0 Å². The van der Waals surface area contributed by atoms with Crippen molar-refractivity contribution in [3.8, 4) is 5.95 Å². The van der Waals surface area contributed by atoms with E-state index in [0.717, 1.165) is 0 Å². The van der Waals surface area contributed by atoms with E-state index >= 15 is 0 Å². The molecule has 0 aliphatic heterocycles. The van der Waals surface area contributed by atoms with E-state index in [-0.39, 0.29) is 5.95 Å². The molecule has 4 nitrogen and oxygen atoms in total. The van der Waals surface area contributed by atoms with Crippen molar-refractivity contribution in [3.05, 3.63) is 34.7 Å². The first-order valence-electron chi connectivity index (χ1n) is 4.09. The number of anilines is 1. The van der Waals surface area contributed by atoms with Gasteiger partial charge in [0.25, 0.3) is 0 Å². The highest BCUT2D eigenvalue weighted by Crippen LogP contribution is 2.26. The number of rotatable bonds is 1. The minimum atomic E-state index is -0.438. The molecule has 0 atom stereocenters. The van der Waals surface area contributed by atoms with Gasteiger partial charge < -0.3 is 14.9 Å². The molecular weight excluding hydrogens is 182 g/mol. The average molecular weight is 191 g/mol.